The van der Waals surface area contributed by atoms with Gasteiger partial charge in [0.2, 0.25) is 0 Å². The second kappa shape index (κ2) is 7.11. The smallest absolute Gasteiger partial charge is 0.143 e. The van der Waals surface area contributed by atoms with E-state index in [-0.39, 0.29) is 0 Å². The molecule has 0 aliphatic heterocycles. The van der Waals surface area contributed by atoms with Crippen molar-refractivity contribution in [1.82, 2.24) is 15.3 Å². The molecule has 0 spiro atoms. The molecule has 0 radical (unpaired) electrons. The van der Waals surface area contributed by atoms with Crippen molar-refractivity contribution in [3.8, 4) is 10.7 Å². The summed E-state index contributed by atoms with van der Waals surface area (Å²) in [7, 11) is 0. The van der Waals surface area contributed by atoms with Crippen LogP contribution < -0.4 is 5.32 Å². The van der Waals surface area contributed by atoms with Gasteiger partial charge in [0.15, 0.2) is 0 Å². The monoisotopic (exact) mass is 417 g/mol. The van der Waals surface area contributed by atoms with Gasteiger partial charge in [-0.25, -0.2) is 4.98 Å². The highest BCUT2D eigenvalue weighted by molar-refractivity contribution is 9.11. The van der Waals surface area contributed by atoms with E-state index in [4.69, 9.17) is 4.98 Å². The molecule has 0 aliphatic rings. The number of nitrogens with zero attached hydrogens (tertiary/aromatic N) is 2. The van der Waals surface area contributed by atoms with E-state index < -0.39 is 0 Å². The maximum absolute atomic E-state index is 4.79. The summed E-state index contributed by atoms with van der Waals surface area (Å²) in [4.78, 5) is 10.6. The molecule has 2 aromatic rings. The third-order valence-corrected chi connectivity index (χ3v) is 4.94. The van der Waals surface area contributed by atoms with Gasteiger partial charge in [0.05, 0.1) is 5.69 Å². The first-order chi connectivity index (χ1) is 9.52. The van der Waals surface area contributed by atoms with Crippen molar-refractivity contribution < 1.29 is 0 Å². The molecular weight excluding hydrogens is 402 g/mol. The molecule has 0 aromatic carbocycles. The predicted octanol–water partition coefficient (Wildman–Crippen LogP) is 4.96. The molecule has 108 valence electrons. The SMILES string of the molecule is CCNCc1sc(-c2ncc(Br)cc2Br)nc1C(C)C. The van der Waals surface area contributed by atoms with E-state index >= 15 is 0 Å². The van der Waals surface area contributed by atoms with Gasteiger partial charge in [-0.1, -0.05) is 20.8 Å². The Morgan fingerprint density at radius 1 is 1.35 bits per heavy atom. The number of aromatic nitrogens is 2. The molecule has 0 amide bonds. The summed E-state index contributed by atoms with van der Waals surface area (Å²) < 4.78 is 1.92. The van der Waals surface area contributed by atoms with Crippen LogP contribution in [0.15, 0.2) is 21.2 Å². The Morgan fingerprint density at radius 3 is 2.70 bits per heavy atom. The van der Waals surface area contributed by atoms with Gasteiger partial charge in [0.25, 0.3) is 0 Å². The largest absolute Gasteiger partial charge is 0.312 e. The average Bonchev–Trinajstić information content (AvgIpc) is 2.80. The van der Waals surface area contributed by atoms with Gasteiger partial charge >= 0.3 is 0 Å². The van der Waals surface area contributed by atoms with E-state index in [0.29, 0.717) is 5.92 Å². The standard InChI is InChI=1S/C14H17Br2N3S/c1-4-17-7-11-12(8(2)3)19-14(20-11)13-10(16)5-9(15)6-18-13/h5-6,8,17H,4,7H2,1-3H3. The highest BCUT2D eigenvalue weighted by atomic mass is 79.9. The van der Waals surface area contributed by atoms with Crippen molar-refractivity contribution in [2.45, 2.75) is 33.2 Å². The van der Waals surface area contributed by atoms with Gasteiger partial charge in [-0.2, -0.15) is 0 Å². The number of rotatable bonds is 5. The third kappa shape index (κ3) is 3.67. The maximum atomic E-state index is 4.79. The first-order valence-corrected chi connectivity index (χ1v) is 8.94. The lowest BCUT2D eigenvalue weighted by molar-refractivity contribution is 0.714. The maximum Gasteiger partial charge on any atom is 0.143 e. The number of halogens is 2. The highest BCUT2D eigenvalue weighted by Gasteiger charge is 2.17. The molecule has 20 heavy (non-hydrogen) atoms. The van der Waals surface area contributed by atoms with E-state index in [1.54, 1.807) is 17.5 Å². The Labute approximate surface area is 140 Å². The van der Waals surface area contributed by atoms with Crippen LogP contribution in [0.1, 0.15) is 37.3 Å². The molecule has 0 atom stereocenters. The van der Waals surface area contributed by atoms with Crippen LogP contribution in [0.3, 0.4) is 0 Å². The van der Waals surface area contributed by atoms with Crippen molar-refractivity contribution in [3.05, 3.63) is 31.8 Å². The topological polar surface area (TPSA) is 37.8 Å². The van der Waals surface area contributed by atoms with Gasteiger partial charge in [0.1, 0.15) is 10.7 Å². The van der Waals surface area contributed by atoms with Crippen LogP contribution in [0.5, 0.6) is 0 Å². The molecule has 2 rings (SSSR count). The Balaban J connectivity index is 2.41. The highest BCUT2D eigenvalue weighted by Crippen LogP contribution is 2.35. The average molecular weight is 419 g/mol. The molecule has 0 unspecified atom stereocenters. The third-order valence-electron chi connectivity index (χ3n) is 2.82. The first-order valence-electron chi connectivity index (χ1n) is 6.54. The molecule has 0 bridgehead atoms. The molecular formula is C14H17Br2N3S. The Bertz CT molecular complexity index is 596. The predicted molar refractivity (Wildman–Crippen MR) is 92.2 cm³/mol. The van der Waals surface area contributed by atoms with Crippen LogP contribution in [-0.2, 0) is 6.54 Å². The summed E-state index contributed by atoms with van der Waals surface area (Å²) in [5, 5.41) is 4.35. The summed E-state index contributed by atoms with van der Waals surface area (Å²) in [6.07, 6.45) is 1.81. The number of thiazole rings is 1. The zero-order valence-electron chi connectivity index (χ0n) is 11.7. The van der Waals surface area contributed by atoms with Crippen LogP contribution in [0.2, 0.25) is 0 Å². The van der Waals surface area contributed by atoms with Gasteiger partial charge in [-0.3, -0.25) is 4.98 Å². The van der Waals surface area contributed by atoms with Crippen molar-refractivity contribution in [3.63, 3.8) is 0 Å². The summed E-state index contributed by atoms with van der Waals surface area (Å²) in [6.45, 7) is 8.31. The lowest BCUT2D eigenvalue weighted by Gasteiger charge is -2.04. The van der Waals surface area contributed by atoms with E-state index in [1.165, 1.54) is 10.6 Å². The molecule has 0 fully saturated rings. The van der Waals surface area contributed by atoms with Crippen LogP contribution in [0, 0.1) is 0 Å². The molecule has 0 aliphatic carbocycles. The fourth-order valence-electron chi connectivity index (χ4n) is 1.85. The summed E-state index contributed by atoms with van der Waals surface area (Å²) >= 11 is 8.71. The van der Waals surface area contributed by atoms with Crippen LogP contribution in [0.25, 0.3) is 10.7 Å². The number of hydrogen-bond acceptors (Lipinski definition) is 4. The number of nitrogens with one attached hydrogen (secondary N) is 1. The lowest BCUT2D eigenvalue weighted by atomic mass is 10.1. The van der Waals surface area contributed by atoms with Gasteiger partial charge in [0, 0.05) is 26.6 Å². The van der Waals surface area contributed by atoms with Crippen molar-refractivity contribution >= 4 is 43.2 Å². The molecule has 3 nitrogen and oxygen atoms in total. The fraction of sp³-hybridized carbons (Fsp3) is 0.429. The summed E-state index contributed by atoms with van der Waals surface area (Å²) in [6, 6.07) is 2.00. The first kappa shape index (κ1) is 16.1. The van der Waals surface area contributed by atoms with Crippen molar-refractivity contribution in [2.24, 2.45) is 0 Å². The van der Waals surface area contributed by atoms with Crippen molar-refractivity contribution in [1.29, 1.82) is 0 Å². The van der Waals surface area contributed by atoms with Crippen LogP contribution in [0.4, 0.5) is 0 Å². The molecule has 2 heterocycles. The second-order valence-electron chi connectivity index (χ2n) is 4.75. The van der Waals surface area contributed by atoms with Gasteiger partial charge < -0.3 is 5.32 Å². The summed E-state index contributed by atoms with van der Waals surface area (Å²) in [5.41, 5.74) is 2.07. The number of pyridine rings is 1. The Hall–Kier alpha value is -0.300. The van der Waals surface area contributed by atoms with Crippen LogP contribution in [-0.4, -0.2) is 16.5 Å². The zero-order chi connectivity index (χ0) is 14.7. The molecule has 0 saturated carbocycles. The zero-order valence-corrected chi connectivity index (χ0v) is 15.7. The van der Waals surface area contributed by atoms with Gasteiger partial charge in [-0.15, -0.1) is 11.3 Å². The molecule has 0 saturated heterocycles. The minimum absolute atomic E-state index is 0.419. The molecule has 1 N–H and O–H groups in total. The van der Waals surface area contributed by atoms with Crippen molar-refractivity contribution in [2.75, 3.05) is 6.54 Å². The quantitative estimate of drug-likeness (QED) is 0.745. The van der Waals surface area contributed by atoms with Crippen LogP contribution >= 0.6 is 43.2 Å². The van der Waals surface area contributed by atoms with E-state index in [2.05, 4.69) is 62.9 Å². The Morgan fingerprint density at radius 2 is 2.10 bits per heavy atom. The van der Waals surface area contributed by atoms with E-state index in [9.17, 15) is 0 Å². The minimum Gasteiger partial charge on any atom is -0.312 e. The van der Waals surface area contributed by atoms with Gasteiger partial charge in [-0.05, 0) is 50.4 Å². The fourth-order valence-corrected chi connectivity index (χ4v) is 4.36. The van der Waals surface area contributed by atoms with E-state index in [1.807, 2.05) is 6.07 Å². The normalized spacial score (nSPS) is 11.3. The number of hydrogen-bond donors (Lipinski definition) is 1. The molecule has 6 heteroatoms. The second-order valence-corrected chi connectivity index (χ2v) is 7.60. The summed E-state index contributed by atoms with van der Waals surface area (Å²) in [5.74, 6) is 0.419. The Kier molecular flexibility index (Phi) is 5.72. The lowest BCUT2D eigenvalue weighted by Crippen LogP contribution is -2.12. The molecule has 2 aromatic heterocycles. The van der Waals surface area contributed by atoms with E-state index in [0.717, 1.165) is 32.7 Å². The minimum atomic E-state index is 0.419.